The minimum absolute atomic E-state index is 0.0520. The zero-order valence-electron chi connectivity index (χ0n) is 15.9. The van der Waals surface area contributed by atoms with Crippen LogP contribution >= 0.6 is 0 Å². The van der Waals surface area contributed by atoms with Crippen molar-refractivity contribution in [2.75, 3.05) is 29.9 Å². The number of carbonyl (C=O) groups is 1. The molecule has 0 unspecified atom stereocenters. The van der Waals surface area contributed by atoms with Gasteiger partial charge in [0.1, 0.15) is 0 Å². The Morgan fingerprint density at radius 1 is 1.12 bits per heavy atom. The number of rotatable bonds is 3. The molecule has 6 nitrogen and oxygen atoms in total. The van der Waals surface area contributed by atoms with Crippen LogP contribution in [0.15, 0.2) is 36.4 Å². The van der Waals surface area contributed by atoms with Gasteiger partial charge in [-0.15, -0.1) is 5.10 Å². The summed E-state index contributed by atoms with van der Waals surface area (Å²) >= 11 is 0. The average Bonchev–Trinajstić information content (AvgIpc) is 2.63. The molecule has 26 heavy (non-hydrogen) atoms. The lowest BCUT2D eigenvalue weighted by molar-refractivity contribution is 0.200. The van der Waals surface area contributed by atoms with Crippen LogP contribution < -0.4 is 10.2 Å². The van der Waals surface area contributed by atoms with Gasteiger partial charge in [0.15, 0.2) is 5.82 Å². The van der Waals surface area contributed by atoms with E-state index < -0.39 is 0 Å². The minimum atomic E-state index is -0.0520. The smallest absolute Gasteiger partial charge is 0.321 e. The van der Waals surface area contributed by atoms with Gasteiger partial charge in [0.05, 0.1) is 5.69 Å². The molecule has 1 aliphatic heterocycles. The standard InChI is InChI=1S/C20H27N5O/c1-14(2)17-6-8-18(9-7-17)21-20(26)24-11-12-25(16(4)13-24)19-10-5-15(3)22-23-19/h5-10,14,16H,11-13H2,1-4H3,(H,21,26)/t16-/m0/s1. The largest absolute Gasteiger partial charge is 0.349 e. The Morgan fingerprint density at radius 2 is 1.85 bits per heavy atom. The van der Waals surface area contributed by atoms with Gasteiger partial charge in [-0.05, 0) is 49.6 Å². The van der Waals surface area contributed by atoms with Gasteiger partial charge < -0.3 is 15.1 Å². The lowest BCUT2D eigenvalue weighted by Crippen LogP contribution is -2.55. The van der Waals surface area contributed by atoms with Crippen LogP contribution in [0.5, 0.6) is 0 Å². The molecule has 0 saturated carbocycles. The highest BCUT2D eigenvalue weighted by molar-refractivity contribution is 5.89. The number of carbonyl (C=O) groups excluding carboxylic acids is 1. The van der Waals surface area contributed by atoms with Crippen molar-refractivity contribution in [2.45, 2.75) is 39.7 Å². The number of urea groups is 1. The normalized spacial score (nSPS) is 17.5. The topological polar surface area (TPSA) is 61.4 Å². The van der Waals surface area contributed by atoms with Crippen LogP contribution in [0.1, 0.15) is 37.9 Å². The zero-order chi connectivity index (χ0) is 18.7. The molecule has 3 rings (SSSR count). The van der Waals surface area contributed by atoms with Gasteiger partial charge in [0.2, 0.25) is 0 Å². The van der Waals surface area contributed by atoms with Crippen LogP contribution in [0.4, 0.5) is 16.3 Å². The second-order valence-electron chi connectivity index (χ2n) is 7.23. The van der Waals surface area contributed by atoms with Crippen molar-refractivity contribution in [3.8, 4) is 0 Å². The van der Waals surface area contributed by atoms with E-state index in [1.54, 1.807) is 0 Å². The van der Waals surface area contributed by atoms with Crippen LogP contribution in [-0.2, 0) is 0 Å². The first kappa shape index (κ1) is 18.2. The van der Waals surface area contributed by atoms with E-state index >= 15 is 0 Å². The highest BCUT2D eigenvalue weighted by atomic mass is 16.2. The number of anilines is 2. The number of hydrogen-bond donors (Lipinski definition) is 1. The van der Waals surface area contributed by atoms with E-state index in [2.05, 4.69) is 53.3 Å². The summed E-state index contributed by atoms with van der Waals surface area (Å²) in [5.74, 6) is 1.35. The molecule has 0 aliphatic carbocycles. The molecule has 0 bridgehead atoms. The number of nitrogens with zero attached hydrogens (tertiary/aromatic N) is 4. The Bertz CT molecular complexity index is 742. The molecule has 0 spiro atoms. The summed E-state index contributed by atoms with van der Waals surface area (Å²) in [6.45, 7) is 10.4. The van der Waals surface area contributed by atoms with Crippen LogP contribution in [0.3, 0.4) is 0 Å². The molecular formula is C20H27N5O. The summed E-state index contributed by atoms with van der Waals surface area (Å²) in [5, 5.41) is 11.4. The fraction of sp³-hybridized carbons (Fsp3) is 0.450. The summed E-state index contributed by atoms with van der Waals surface area (Å²) in [4.78, 5) is 16.7. The summed E-state index contributed by atoms with van der Waals surface area (Å²) in [7, 11) is 0. The molecule has 1 saturated heterocycles. The average molecular weight is 353 g/mol. The molecule has 1 aromatic carbocycles. The molecule has 6 heteroatoms. The van der Waals surface area contributed by atoms with E-state index in [1.807, 2.05) is 36.1 Å². The third-order valence-corrected chi connectivity index (χ3v) is 4.82. The monoisotopic (exact) mass is 353 g/mol. The molecule has 1 aliphatic rings. The lowest BCUT2D eigenvalue weighted by atomic mass is 10.0. The minimum Gasteiger partial charge on any atom is -0.349 e. The van der Waals surface area contributed by atoms with Gasteiger partial charge in [-0.3, -0.25) is 0 Å². The molecule has 2 aromatic rings. The first-order chi connectivity index (χ1) is 12.4. The quantitative estimate of drug-likeness (QED) is 0.915. The third kappa shape index (κ3) is 4.12. The second kappa shape index (κ2) is 7.72. The van der Waals surface area contributed by atoms with E-state index in [-0.39, 0.29) is 12.1 Å². The molecule has 0 radical (unpaired) electrons. The maximum atomic E-state index is 12.6. The maximum absolute atomic E-state index is 12.6. The fourth-order valence-electron chi connectivity index (χ4n) is 3.18. The van der Waals surface area contributed by atoms with Crippen molar-refractivity contribution < 1.29 is 4.79 Å². The molecule has 1 fully saturated rings. The molecule has 2 amide bonds. The van der Waals surface area contributed by atoms with E-state index in [4.69, 9.17) is 0 Å². The van der Waals surface area contributed by atoms with Crippen LogP contribution in [0.2, 0.25) is 0 Å². The summed E-state index contributed by atoms with van der Waals surface area (Å²) < 4.78 is 0. The third-order valence-electron chi connectivity index (χ3n) is 4.82. The Hall–Kier alpha value is -2.63. The van der Waals surface area contributed by atoms with Gasteiger partial charge in [-0.25, -0.2) is 4.79 Å². The van der Waals surface area contributed by atoms with Gasteiger partial charge in [0.25, 0.3) is 0 Å². The first-order valence-electron chi connectivity index (χ1n) is 9.17. The van der Waals surface area contributed by atoms with Crippen LogP contribution in [-0.4, -0.2) is 46.8 Å². The van der Waals surface area contributed by atoms with E-state index in [1.165, 1.54) is 5.56 Å². The van der Waals surface area contributed by atoms with Gasteiger partial charge in [-0.1, -0.05) is 26.0 Å². The van der Waals surface area contributed by atoms with Crippen molar-refractivity contribution in [2.24, 2.45) is 0 Å². The zero-order valence-corrected chi connectivity index (χ0v) is 15.9. The van der Waals surface area contributed by atoms with E-state index in [0.29, 0.717) is 19.0 Å². The van der Waals surface area contributed by atoms with Crippen molar-refractivity contribution in [3.05, 3.63) is 47.7 Å². The molecule has 1 atom stereocenters. The predicted molar refractivity (Wildman–Crippen MR) is 105 cm³/mol. The van der Waals surface area contributed by atoms with E-state index in [9.17, 15) is 4.79 Å². The first-order valence-corrected chi connectivity index (χ1v) is 9.17. The fourth-order valence-corrected chi connectivity index (χ4v) is 3.18. The lowest BCUT2D eigenvalue weighted by Gasteiger charge is -2.40. The SMILES string of the molecule is Cc1ccc(N2CCN(C(=O)Nc3ccc(C(C)C)cc3)C[C@@H]2C)nn1. The number of aryl methyl sites for hydroxylation is 1. The Kier molecular flexibility index (Phi) is 5.40. The Balaban J connectivity index is 1.59. The summed E-state index contributed by atoms with van der Waals surface area (Å²) in [6.07, 6.45) is 0. The maximum Gasteiger partial charge on any atom is 0.321 e. The highest BCUT2D eigenvalue weighted by Crippen LogP contribution is 2.20. The van der Waals surface area contributed by atoms with Crippen molar-refractivity contribution >= 4 is 17.5 Å². The van der Waals surface area contributed by atoms with Crippen LogP contribution in [0, 0.1) is 6.92 Å². The van der Waals surface area contributed by atoms with Gasteiger partial charge in [0, 0.05) is 31.4 Å². The number of piperazine rings is 1. The number of aromatic nitrogens is 2. The van der Waals surface area contributed by atoms with E-state index in [0.717, 1.165) is 23.7 Å². The van der Waals surface area contributed by atoms with Gasteiger partial charge >= 0.3 is 6.03 Å². The molecule has 1 aromatic heterocycles. The number of benzene rings is 1. The van der Waals surface area contributed by atoms with Gasteiger partial charge in [-0.2, -0.15) is 5.10 Å². The number of hydrogen-bond acceptors (Lipinski definition) is 4. The molecule has 2 heterocycles. The van der Waals surface area contributed by atoms with Crippen molar-refractivity contribution in [1.29, 1.82) is 0 Å². The van der Waals surface area contributed by atoms with Crippen LogP contribution in [0.25, 0.3) is 0 Å². The summed E-state index contributed by atoms with van der Waals surface area (Å²) in [6, 6.07) is 12.2. The van der Waals surface area contributed by atoms with Crippen molar-refractivity contribution in [1.82, 2.24) is 15.1 Å². The summed E-state index contributed by atoms with van der Waals surface area (Å²) in [5.41, 5.74) is 3.01. The number of amides is 2. The Labute approximate surface area is 155 Å². The predicted octanol–water partition coefficient (Wildman–Crippen LogP) is 3.65. The number of nitrogens with one attached hydrogen (secondary N) is 1. The molecule has 138 valence electrons. The van der Waals surface area contributed by atoms with Crippen molar-refractivity contribution in [3.63, 3.8) is 0 Å². The highest BCUT2D eigenvalue weighted by Gasteiger charge is 2.27. The molecule has 1 N–H and O–H groups in total. The molecular weight excluding hydrogens is 326 g/mol. The second-order valence-corrected chi connectivity index (χ2v) is 7.23. The Morgan fingerprint density at radius 3 is 2.42 bits per heavy atom.